The van der Waals surface area contributed by atoms with Crippen LogP contribution < -0.4 is 0 Å². The van der Waals surface area contributed by atoms with E-state index in [4.69, 9.17) is 11.6 Å². The number of hydrogen-bond acceptors (Lipinski definition) is 5. The van der Waals surface area contributed by atoms with Gasteiger partial charge in [0.1, 0.15) is 10.8 Å². The number of aromatic nitrogens is 4. The summed E-state index contributed by atoms with van der Waals surface area (Å²) >= 11 is 8.20. The third-order valence-electron chi connectivity index (χ3n) is 5.93. The van der Waals surface area contributed by atoms with E-state index in [1.807, 2.05) is 61.3 Å². The number of aryl methyl sites for hydroxylation is 2. The Kier molecular flexibility index (Phi) is 5.69. The number of hydrogen-bond donors (Lipinski definition) is 0. The van der Waals surface area contributed by atoms with Gasteiger partial charge in [-0.15, -0.1) is 11.3 Å². The van der Waals surface area contributed by atoms with E-state index in [1.165, 1.54) is 0 Å². The first-order valence-electron chi connectivity index (χ1n) is 10.8. The van der Waals surface area contributed by atoms with E-state index in [0.717, 1.165) is 52.6 Å². The molecule has 4 aromatic rings. The molecular weight excluding hydrogens is 442 g/mol. The summed E-state index contributed by atoms with van der Waals surface area (Å²) in [4.78, 5) is 30.4. The fourth-order valence-electron chi connectivity index (χ4n) is 4.36. The molecule has 6 nitrogen and oxygen atoms in total. The number of imidazole rings is 1. The molecule has 0 N–H and O–H groups in total. The van der Waals surface area contributed by atoms with Crippen molar-refractivity contribution in [3.05, 3.63) is 69.8 Å². The molecule has 0 unspecified atom stereocenters. The van der Waals surface area contributed by atoms with Crippen LogP contribution in [0, 0.1) is 13.8 Å². The first kappa shape index (κ1) is 21.1. The van der Waals surface area contributed by atoms with Crippen LogP contribution in [-0.2, 0) is 6.42 Å². The maximum atomic E-state index is 13.7. The number of likely N-dealkylation sites (tertiary alicyclic amines) is 1. The Morgan fingerprint density at radius 3 is 2.75 bits per heavy atom. The minimum atomic E-state index is -0.00763. The molecule has 1 aliphatic rings. The van der Waals surface area contributed by atoms with Crippen LogP contribution in [0.1, 0.15) is 46.1 Å². The molecular formula is C24H24ClN5OS. The Labute approximate surface area is 195 Å². The van der Waals surface area contributed by atoms with E-state index in [1.54, 1.807) is 15.7 Å². The van der Waals surface area contributed by atoms with Crippen LogP contribution in [-0.4, -0.2) is 42.7 Å². The van der Waals surface area contributed by atoms with Crippen molar-refractivity contribution < 1.29 is 4.79 Å². The standard InChI is InChI=1S/C24H24ClN5OS/c1-15-11-13-30-22(25)19(28-24(30)26-15)14-18-10-6-7-12-29(18)23(31)20-21(32-16(2)27-20)17-8-4-3-5-9-17/h3-5,8-9,11,13,18H,6-7,10,12,14H2,1-2H3/t18-/m0/s1. The molecule has 0 spiro atoms. The normalized spacial score (nSPS) is 16.6. The lowest BCUT2D eigenvalue weighted by molar-refractivity contribution is 0.0608. The summed E-state index contributed by atoms with van der Waals surface area (Å²) in [6.07, 6.45) is 5.50. The van der Waals surface area contributed by atoms with Crippen molar-refractivity contribution in [1.29, 1.82) is 0 Å². The first-order chi connectivity index (χ1) is 15.5. The van der Waals surface area contributed by atoms with E-state index in [2.05, 4.69) is 15.0 Å². The van der Waals surface area contributed by atoms with Gasteiger partial charge in [-0.1, -0.05) is 41.9 Å². The van der Waals surface area contributed by atoms with Crippen molar-refractivity contribution >= 4 is 34.6 Å². The van der Waals surface area contributed by atoms with Gasteiger partial charge in [0.25, 0.3) is 5.91 Å². The Morgan fingerprint density at radius 1 is 1.12 bits per heavy atom. The Balaban J connectivity index is 1.46. The highest BCUT2D eigenvalue weighted by Crippen LogP contribution is 2.33. The monoisotopic (exact) mass is 465 g/mol. The lowest BCUT2D eigenvalue weighted by atomic mass is 9.97. The van der Waals surface area contributed by atoms with Gasteiger partial charge in [-0.25, -0.2) is 15.0 Å². The number of thiazole rings is 1. The third kappa shape index (κ3) is 3.91. The maximum absolute atomic E-state index is 13.7. The number of amides is 1. The second kappa shape index (κ2) is 8.64. The summed E-state index contributed by atoms with van der Waals surface area (Å²) in [6, 6.07) is 12.0. The van der Waals surface area contributed by atoms with Gasteiger partial charge in [0.05, 0.1) is 15.6 Å². The van der Waals surface area contributed by atoms with Crippen LogP contribution in [0.15, 0.2) is 42.6 Å². The molecule has 1 aliphatic heterocycles. The molecule has 0 saturated carbocycles. The molecule has 1 amide bonds. The SMILES string of the molecule is Cc1ccn2c(Cl)c(C[C@@H]3CCCCN3C(=O)c3nc(C)sc3-c3ccccc3)nc2n1. The highest BCUT2D eigenvalue weighted by Gasteiger charge is 2.32. The molecule has 0 aliphatic carbocycles. The summed E-state index contributed by atoms with van der Waals surface area (Å²) < 4.78 is 1.80. The number of carbonyl (C=O) groups is 1. The Morgan fingerprint density at radius 2 is 1.94 bits per heavy atom. The first-order valence-corrected chi connectivity index (χ1v) is 12.0. The van der Waals surface area contributed by atoms with Gasteiger partial charge >= 0.3 is 0 Å². The number of benzene rings is 1. The van der Waals surface area contributed by atoms with E-state index < -0.39 is 0 Å². The van der Waals surface area contributed by atoms with Crippen LogP contribution in [0.25, 0.3) is 16.2 Å². The summed E-state index contributed by atoms with van der Waals surface area (Å²) in [5.74, 6) is 0.590. The fourth-order valence-corrected chi connectivity index (χ4v) is 5.53. The van der Waals surface area contributed by atoms with Crippen molar-refractivity contribution in [1.82, 2.24) is 24.3 Å². The number of fused-ring (bicyclic) bond motifs is 1. The van der Waals surface area contributed by atoms with Gasteiger partial charge < -0.3 is 4.90 Å². The molecule has 1 atom stereocenters. The average Bonchev–Trinajstić information content (AvgIpc) is 3.34. The molecule has 1 aromatic carbocycles. The van der Waals surface area contributed by atoms with Crippen molar-refractivity contribution in [3.8, 4) is 10.4 Å². The van der Waals surface area contributed by atoms with Gasteiger partial charge in [0.15, 0.2) is 0 Å². The van der Waals surface area contributed by atoms with Gasteiger partial charge in [0, 0.05) is 30.9 Å². The minimum absolute atomic E-state index is 0.00763. The summed E-state index contributed by atoms with van der Waals surface area (Å²) in [7, 11) is 0. The molecule has 8 heteroatoms. The maximum Gasteiger partial charge on any atom is 0.274 e. The van der Waals surface area contributed by atoms with Crippen LogP contribution in [0.5, 0.6) is 0 Å². The molecule has 5 rings (SSSR count). The Bertz CT molecular complexity index is 1280. The summed E-state index contributed by atoms with van der Waals surface area (Å²) in [5.41, 5.74) is 3.25. The van der Waals surface area contributed by atoms with Gasteiger partial charge in [-0.05, 0) is 44.7 Å². The number of piperidine rings is 1. The van der Waals surface area contributed by atoms with Gasteiger partial charge in [0.2, 0.25) is 5.78 Å². The highest BCUT2D eigenvalue weighted by molar-refractivity contribution is 7.15. The minimum Gasteiger partial charge on any atom is -0.334 e. The lowest BCUT2D eigenvalue weighted by Gasteiger charge is -2.35. The molecule has 32 heavy (non-hydrogen) atoms. The highest BCUT2D eigenvalue weighted by atomic mass is 35.5. The number of rotatable bonds is 4. The van der Waals surface area contributed by atoms with E-state index in [0.29, 0.717) is 23.0 Å². The van der Waals surface area contributed by atoms with E-state index in [-0.39, 0.29) is 11.9 Å². The number of halogens is 1. The molecule has 4 heterocycles. The summed E-state index contributed by atoms with van der Waals surface area (Å²) in [6.45, 7) is 4.60. The second-order valence-corrected chi connectivity index (χ2v) is 9.78. The largest absolute Gasteiger partial charge is 0.334 e. The lowest BCUT2D eigenvalue weighted by Crippen LogP contribution is -2.45. The van der Waals surface area contributed by atoms with E-state index >= 15 is 0 Å². The second-order valence-electron chi connectivity index (χ2n) is 8.22. The summed E-state index contributed by atoms with van der Waals surface area (Å²) in [5, 5.41) is 1.46. The zero-order chi connectivity index (χ0) is 22.2. The van der Waals surface area contributed by atoms with Crippen molar-refractivity contribution in [3.63, 3.8) is 0 Å². The zero-order valence-corrected chi connectivity index (χ0v) is 19.7. The van der Waals surface area contributed by atoms with Gasteiger partial charge in [-0.2, -0.15) is 0 Å². The molecule has 1 saturated heterocycles. The van der Waals surface area contributed by atoms with Crippen LogP contribution in [0.4, 0.5) is 0 Å². The third-order valence-corrected chi connectivity index (χ3v) is 7.35. The van der Waals surface area contributed by atoms with Gasteiger partial charge in [-0.3, -0.25) is 9.20 Å². The molecule has 3 aromatic heterocycles. The fraction of sp³-hybridized carbons (Fsp3) is 0.333. The average molecular weight is 466 g/mol. The van der Waals surface area contributed by atoms with Crippen molar-refractivity contribution in [2.75, 3.05) is 6.54 Å². The number of carbonyl (C=O) groups excluding carboxylic acids is 1. The molecule has 0 bridgehead atoms. The van der Waals surface area contributed by atoms with Crippen LogP contribution in [0.3, 0.4) is 0 Å². The molecule has 1 fully saturated rings. The van der Waals surface area contributed by atoms with Crippen LogP contribution in [0.2, 0.25) is 5.15 Å². The predicted octanol–water partition coefficient (Wildman–Crippen LogP) is 5.36. The zero-order valence-electron chi connectivity index (χ0n) is 18.1. The van der Waals surface area contributed by atoms with Crippen LogP contribution >= 0.6 is 22.9 Å². The topological polar surface area (TPSA) is 63.4 Å². The quantitative estimate of drug-likeness (QED) is 0.407. The number of nitrogens with zero attached hydrogens (tertiary/aromatic N) is 5. The Hall–Kier alpha value is -2.77. The van der Waals surface area contributed by atoms with E-state index in [9.17, 15) is 4.79 Å². The predicted molar refractivity (Wildman–Crippen MR) is 127 cm³/mol. The molecule has 0 radical (unpaired) electrons. The van der Waals surface area contributed by atoms with Crippen molar-refractivity contribution in [2.24, 2.45) is 0 Å². The smallest absolute Gasteiger partial charge is 0.274 e. The van der Waals surface area contributed by atoms with Crippen molar-refractivity contribution in [2.45, 2.75) is 45.6 Å². The molecule has 164 valence electrons.